The van der Waals surface area contributed by atoms with E-state index in [2.05, 4.69) is 18.2 Å². The van der Waals surface area contributed by atoms with Crippen molar-refractivity contribution in [3.63, 3.8) is 0 Å². The molecule has 0 atom stereocenters. The second-order valence-corrected chi connectivity index (χ2v) is 4.97. The average Bonchev–Trinajstić information content (AvgIpc) is 2.38. The zero-order valence-electron chi connectivity index (χ0n) is 9.71. The molecule has 0 spiro atoms. The molecule has 0 aromatic heterocycles. The van der Waals surface area contributed by atoms with Gasteiger partial charge in [-0.15, -0.1) is 0 Å². The van der Waals surface area contributed by atoms with E-state index in [0.717, 1.165) is 24.0 Å². The van der Waals surface area contributed by atoms with Crippen LogP contribution in [0.2, 0.25) is 0 Å². The Balaban J connectivity index is 2.12. The molecule has 0 aliphatic heterocycles. The number of benzene rings is 2. The van der Waals surface area contributed by atoms with Gasteiger partial charge in [0.25, 0.3) is 0 Å². The van der Waals surface area contributed by atoms with E-state index < -0.39 is 8.60 Å². The fourth-order valence-corrected chi connectivity index (χ4v) is 2.86. The van der Waals surface area contributed by atoms with Crippen LogP contribution in [0.1, 0.15) is 11.1 Å². The third-order valence-electron chi connectivity index (χ3n) is 3.26. The number of rotatable bonds is 2. The van der Waals surface area contributed by atoms with Crippen LogP contribution >= 0.6 is 8.60 Å². The van der Waals surface area contributed by atoms with E-state index in [1.165, 1.54) is 11.1 Å². The quantitative estimate of drug-likeness (QED) is 0.816. The van der Waals surface area contributed by atoms with E-state index in [1.54, 1.807) is 6.07 Å². The Hall–Kier alpha value is -1.41. The molecular weight excluding hydrogens is 247 g/mol. The smallest absolute Gasteiger partial charge is 0.391 e. The molecule has 0 saturated heterocycles. The van der Waals surface area contributed by atoms with Crippen molar-refractivity contribution in [2.75, 3.05) is 0 Å². The molecule has 0 radical (unpaired) electrons. The number of hydrogen-bond acceptors (Lipinski definition) is 3. The summed E-state index contributed by atoms with van der Waals surface area (Å²) in [4.78, 5) is 18.0. The molecule has 1 aliphatic carbocycles. The molecule has 92 valence electrons. The zero-order valence-corrected chi connectivity index (χ0v) is 10.6. The highest BCUT2D eigenvalue weighted by Gasteiger charge is 2.19. The van der Waals surface area contributed by atoms with E-state index >= 15 is 0 Å². The van der Waals surface area contributed by atoms with E-state index in [4.69, 9.17) is 14.3 Å². The Morgan fingerprint density at radius 3 is 2.50 bits per heavy atom. The third-order valence-corrected chi connectivity index (χ3v) is 3.62. The molecule has 3 nitrogen and oxygen atoms in total. The first kappa shape index (κ1) is 11.7. The number of fused-ring (bicyclic) bond motifs is 3. The average molecular weight is 260 g/mol. The van der Waals surface area contributed by atoms with Gasteiger partial charge in [0.2, 0.25) is 0 Å². The summed E-state index contributed by atoms with van der Waals surface area (Å²) in [6, 6.07) is 14.0. The topological polar surface area (TPSA) is 49.7 Å². The molecule has 0 bridgehead atoms. The van der Waals surface area contributed by atoms with Crippen molar-refractivity contribution in [1.29, 1.82) is 0 Å². The van der Waals surface area contributed by atoms with Gasteiger partial charge >= 0.3 is 8.60 Å². The molecule has 0 unspecified atom stereocenters. The first-order chi connectivity index (χ1) is 8.75. The number of hydrogen-bond donors (Lipinski definition) is 2. The van der Waals surface area contributed by atoms with Crippen molar-refractivity contribution >= 4 is 8.60 Å². The summed E-state index contributed by atoms with van der Waals surface area (Å²) in [5.74, 6) is 0.582. The lowest BCUT2D eigenvalue weighted by Crippen LogP contribution is -2.05. The lowest BCUT2D eigenvalue weighted by Gasteiger charge is -2.22. The van der Waals surface area contributed by atoms with Crippen LogP contribution in [0.25, 0.3) is 11.1 Å². The minimum atomic E-state index is -2.36. The van der Waals surface area contributed by atoms with Gasteiger partial charge in [0.1, 0.15) is 5.75 Å². The van der Waals surface area contributed by atoms with Gasteiger partial charge in [0.05, 0.1) is 0 Å². The van der Waals surface area contributed by atoms with Crippen LogP contribution in [-0.2, 0) is 12.8 Å². The molecule has 0 fully saturated rings. The molecule has 0 heterocycles. The van der Waals surface area contributed by atoms with E-state index in [-0.39, 0.29) is 0 Å². The van der Waals surface area contributed by atoms with Crippen molar-refractivity contribution in [3.05, 3.63) is 53.6 Å². The van der Waals surface area contributed by atoms with Crippen LogP contribution < -0.4 is 4.52 Å². The van der Waals surface area contributed by atoms with Gasteiger partial charge in [-0.2, -0.15) is 0 Å². The minimum Gasteiger partial charge on any atom is -0.427 e. The second-order valence-electron chi connectivity index (χ2n) is 4.28. The zero-order chi connectivity index (χ0) is 12.5. The predicted octanol–water partition coefficient (Wildman–Crippen LogP) is 3.04. The van der Waals surface area contributed by atoms with Crippen LogP contribution in [0, 0.1) is 0 Å². The van der Waals surface area contributed by atoms with Gasteiger partial charge in [-0.1, -0.05) is 36.4 Å². The van der Waals surface area contributed by atoms with Crippen molar-refractivity contribution in [1.82, 2.24) is 0 Å². The highest BCUT2D eigenvalue weighted by atomic mass is 31.2. The van der Waals surface area contributed by atoms with Crippen molar-refractivity contribution in [3.8, 4) is 16.9 Å². The van der Waals surface area contributed by atoms with Gasteiger partial charge in [-0.3, -0.25) is 0 Å². The highest BCUT2D eigenvalue weighted by Crippen LogP contribution is 2.41. The predicted molar refractivity (Wildman–Crippen MR) is 71.3 cm³/mol. The maximum atomic E-state index is 9.00. The molecule has 2 aromatic rings. The molecule has 4 heteroatoms. The highest BCUT2D eigenvalue weighted by molar-refractivity contribution is 7.39. The fraction of sp³-hybridized carbons (Fsp3) is 0.143. The standard InChI is InChI=1S/C14H13O3P/c15-18(16)17-14-7-3-6-12-11-5-2-1-4-10(11)8-9-13(12)14/h1-7,15-16H,8-9H2. The summed E-state index contributed by atoms with van der Waals surface area (Å²) >= 11 is 0. The Morgan fingerprint density at radius 1 is 0.889 bits per heavy atom. The Bertz CT molecular complexity index is 581. The summed E-state index contributed by atoms with van der Waals surface area (Å²) in [7, 11) is -2.36. The van der Waals surface area contributed by atoms with Crippen LogP contribution in [0.3, 0.4) is 0 Å². The monoisotopic (exact) mass is 260 g/mol. The van der Waals surface area contributed by atoms with Gasteiger partial charge in [-0.25, -0.2) is 0 Å². The van der Waals surface area contributed by atoms with E-state index in [1.807, 2.05) is 18.2 Å². The molecule has 0 amide bonds. The SMILES string of the molecule is OP(O)Oc1cccc2c1CCc1ccccc1-2. The number of aryl methyl sites for hydroxylation is 1. The second kappa shape index (κ2) is 4.69. The van der Waals surface area contributed by atoms with E-state index in [9.17, 15) is 0 Å². The molecule has 1 aliphatic rings. The first-order valence-corrected chi connectivity index (χ1v) is 6.98. The van der Waals surface area contributed by atoms with Gasteiger partial charge in [0, 0.05) is 5.56 Å². The Kier molecular flexibility index (Phi) is 3.04. The van der Waals surface area contributed by atoms with Crippen LogP contribution in [0.4, 0.5) is 0 Å². The summed E-state index contributed by atoms with van der Waals surface area (Å²) in [6.07, 6.45) is 1.82. The Labute approximate surface area is 107 Å². The molecule has 3 rings (SSSR count). The molecule has 2 aromatic carbocycles. The largest absolute Gasteiger partial charge is 0.427 e. The lowest BCUT2D eigenvalue weighted by molar-refractivity contribution is 0.373. The summed E-state index contributed by atoms with van der Waals surface area (Å²) in [5.41, 5.74) is 4.74. The summed E-state index contributed by atoms with van der Waals surface area (Å²) < 4.78 is 5.10. The van der Waals surface area contributed by atoms with Crippen molar-refractivity contribution < 1.29 is 14.3 Å². The molecular formula is C14H13O3P. The van der Waals surface area contributed by atoms with Crippen molar-refractivity contribution in [2.45, 2.75) is 12.8 Å². The maximum Gasteiger partial charge on any atom is 0.391 e. The van der Waals surface area contributed by atoms with Crippen LogP contribution in [0.5, 0.6) is 5.75 Å². The van der Waals surface area contributed by atoms with Gasteiger partial charge in [-0.05, 0) is 35.6 Å². The molecule has 18 heavy (non-hydrogen) atoms. The summed E-state index contributed by atoms with van der Waals surface area (Å²) in [5, 5.41) is 0. The maximum absolute atomic E-state index is 9.00. The molecule has 2 N–H and O–H groups in total. The third kappa shape index (κ3) is 2.01. The van der Waals surface area contributed by atoms with Crippen LogP contribution in [0.15, 0.2) is 42.5 Å². The molecule has 0 saturated carbocycles. The fourth-order valence-electron chi connectivity index (χ4n) is 2.51. The van der Waals surface area contributed by atoms with Crippen LogP contribution in [-0.4, -0.2) is 9.79 Å². The normalized spacial score (nSPS) is 13.1. The van der Waals surface area contributed by atoms with Crippen molar-refractivity contribution in [2.24, 2.45) is 0 Å². The minimum absolute atomic E-state index is 0.582. The first-order valence-electron chi connectivity index (χ1n) is 5.82. The van der Waals surface area contributed by atoms with Gasteiger partial charge < -0.3 is 14.3 Å². The van der Waals surface area contributed by atoms with E-state index in [0.29, 0.717) is 5.75 Å². The lowest BCUT2D eigenvalue weighted by atomic mass is 9.85. The van der Waals surface area contributed by atoms with Gasteiger partial charge in [0.15, 0.2) is 0 Å². The summed E-state index contributed by atoms with van der Waals surface area (Å²) in [6.45, 7) is 0. The Morgan fingerprint density at radius 2 is 1.67 bits per heavy atom.